The fraction of sp³-hybridized carbons (Fsp3) is 0.576. The lowest BCUT2D eigenvalue weighted by molar-refractivity contribution is 0.394. The summed E-state index contributed by atoms with van der Waals surface area (Å²) in [5, 5.41) is 7.45. The number of sulfone groups is 1. The quantitative estimate of drug-likeness (QED) is 0.273. The molecule has 0 aliphatic heterocycles. The molecule has 2 fully saturated rings. The Labute approximate surface area is 244 Å². The van der Waals surface area contributed by atoms with E-state index in [9.17, 15) is 8.42 Å². The third-order valence-electron chi connectivity index (χ3n) is 7.19. The third-order valence-corrected chi connectivity index (χ3v) is 9.62. The number of aryl methyl sites for hydroxylation is 1. The summed E-state index contributed by atoms with van der Waals surface area (Å²) in [6.07, 6.45) is 17.7. The van der Waals surface area contributed by atoms with Gasteiger partial charge in [-0.25, -0.2) is 8.42 Å². The maximum absolute atomic E-state index is 12.1. The summed E-state index contributed by atoms with van der Waals surface area (Å²) >= 11 is 1.54. The van der Waals surface area contributed by atoms with Crippen LogP contribution in [0.2, 0.25) is 0 Å². The Bertz CT molecular complexity index is 1060. The van der Waals surface area contributed by atoms with Crippen molar-refractivity contribution in [1.82, 2.24) is 10.6 Å². The second-order valence-electron chi connectivity index (χ2n) is 11.1. The van der Waals surface area contributed by atoms with Gasteiger partial charge in [-0.2, -0.15) is 0 Å². The van der Waals surface area contributed by atoms with Crippen molar-refractivity contribution in [1.29, 1.82) is 0 Å². The van der Waals surface area contributed by atoms with E-state index < -0.39 is 9.84 Å². The van der Waals surface area contributed by atoms with Crippen molar-refractivity contribution < 1.29 is 8.42 Å². The van der Waals surface area contributed by atoms with E-state index in [1.54, 1.807) is 12.1 Å². The van der Waals surface area contributed by atoms with Crippen molar-refractivity contribution in [2.24, 2.45) is 5.92 Å². The van der Waals surface area contributed by atoms with Gasteiger partial charge in [0.15, 0.2) is 9.84 Å². The first kappa shape index (κ1) is 35.3. The Kier molecular flexibility index (Phi) is 16.8. The summed E-state index contributed by atoms with van der Waals surface area (Å²) in [4.78, 5) is 1.40. The molecule has 0 heterocycles. The van der Waals surface area contributed by atoms with Gasteiger partial charge in [0.2, 0.25) is 0 Å². The maximum atomic E-state index is 12.1. The van der Waals surface area contributed by atoms with Crippen molar-refractivity contribution in [3.8, 4) is 0 Å². The average molecular weight is 575 g/mol. The van der Waals surface area contributed by atoms with Gasteiger partial charge in [0.05, 0.1) is 9.92 Å². The second kappa shape index (κ2) is 18.6. The van der Waals surface area contributed by atoms with Crippen LogP contribution >= 0.6 is 11.8 Å². The average Bonchev–Trinajstić information content (AvgIpc) is 3.41. The highest BCUT2D eigenvalue weighted by Gasteiger charge is 2.17. The van der Waals surface area contributed by atoms with Crippen LogP contribution in [-0.2, 0) is 9.84 Å². The fourth-order valence-corrected chi connectivity index (χ4v) is 6.95. The van der Waals surface area contributed by atoms with Crippen LogP contribution in [0, 0.1) is 12.8 Å². The molecule has 0 bridgehead atoms. The number of nitrogens with one attached hydrogen (secondary N) is 2. The molecule has 0 radical (unpaired) electrons. The lowest BCUT2D eigenvalue weighted by atomic mass is 9.96. The van der Waals surface area contributed by atoms with Crippen molar-refractivity contribution in [3.05, 3.63) is 71.4 Å². The van der Waals surface area contributed by atoms with Gasteiger partial charge in [0, 0.05) is 22.9 Å². The molecule has 2 N–H and O–H groups in total. The summed E-state index contributed by atoms with van der Waals surface area (Å²) < 4.78 is 24.2. The Morgan fingerprint density at radius 3 is 2.10 bits per heavy atom. The Hall–Kier alpha value is -1.76. The Balaban J connectivity index is 0.000000575. The molecule has 2 saturated carbocycles. The molecule has 6 heteroatoms. The van der Waals surface area contributed by atoms with Gasteiger partial charge in [0.1, 0.15) is 0 Å². The summed E-state index contributed by atoms with van der Waals surface area (Å²) in [7, 11) is -1.20. The van der Waals surface area contributed by atoms with Gasteiger partial charge >= 0.3 is 0 Å². The van der Waals surface area contributed by atoms with Crippen LogP contribution in [0.3, 0.4) is 0 Å². The van der Waals surface area contributed by atoms with Crippen molar-refractivity contribution >= 4 is 26.5 Å². The highest BCUT2D eigenvalue weighted by molar-refractivity contribution is 8.11. The van der Waals surface area contributed by atoms with Crippen LogP contribution in [0.15, 0.2) is 65.2 Å². The summed E-state index contributed by atoms with van der Waals surface area (Å²) in [6, 6.07) is 6.44. The molecule has 0 spiro atoms. The minimum absolute atomic E-state index is 0.379. The normalized spacial score (nSPS) is 15.7. The smallest absolute Gasteiger partial charge is 0.175 e. The van der Waals surface area contributed by atoms with Gasteiger partial charge < -0.3 is 10.6 Å². The molecular formula is C33H54N2O2S2. The van der Waals surface area contributed by atoms with Crippen LogP contribution < -0.4 is 10.6 Å². The Morgan fingerprint density at radius 2 is 1.62 bits per heavy atom. The molecule has 0 aromatic heterocycles. The second-order valence-corrected chi connectivity index (χ2v) is 14.1. The first-order valence-corrected chi connectivity index (χ1v) is 17.2. The van der Waals surface area contributed by atoms with E-state index in [1.807, 2.05) is 39.8 Å². The molecule has 0 unspecified atom stereocenters. The monoisotopic (exact) mass is 574 g/mol. The molecule has 1 aromatic rings. The predicted molar refractivity (Wildman–Crippen MR) is 175 cm³/mol. The van der Waals surface area contributed by atoms with Crippen LogP contribution in [0.25, 0.3) is 4.91 Å². The van der Waals surface area contributed by atoms with E-state index >= 15 is 0 Å². The van der Waals surface area contributed by atoms with E-state index in [4.69, 9.17) is 0 Å². The van der Waals surface area contributed by atoms with Crippen molar-refractivity contribution in [2.75, 3.05) is 13.3 Å². The van der Waals surface area contributed by atoms with Crippen molar-refractivity contribution in [3.63, 3.8) is 0 Å². The van der Waals surface area contributed by atoms with E-state index in [-0.39, 0.29) is 0 Å². The number of rotatable bonds is 10. The number of allylic oxidation sites excluding steroid dienone is 3. The summed E-state index contributed by atoms with van der Waals surface area (Å²) in [5.41, 5.74) is 3.78. The topological polar surface area (TPSA) is 58.2 Å². The standard InChI is InChI=1S/C23H33NO2S2.C7H15N.C3H6/c1-16(2)23(21-14-11-17(3)22(15-21)28(6,25)26)27-19(5)24-18(4)12-13-20-9-7-8-10-20;1-8-7-5-3-2-4-6-7;1-3-2/h11,14-15,20,24H,4-5,7-10,12-13H2,1-3,6H3;7-8H,2-6H2,1H3;3H,1H2,2H3. The number of hydrogen-bond acceptors (Lipinski definition) is 5. The van der Waals surface area contributed by atoms with Crippen molar-refractivity contribution in [2.45, 2.75) is 109 Å². The van der Waals surface area contributed by atoms with Gasteiger partial charge in [-0.05, 0) is 83.5 Å². The molecule has 1 aromatic carbocycles. The molecule has 2 aliphatic rings. The number of thioether (sulfide) groups is 1. The Morgan fingerprint density at radius 1 is 1.05 bits per heavy atom. The third kappa shape index (κ3) is 13.9. The minimum Gasteiger partial charge on any atom is -0.354 e. The first-order chi connectivity index (χ1) is 18.4. The van der Waals surface area contributed by atoms with Gasteiger partial charge in [0.25, 0.3) is 0 Å². The van der Waals surface area contributed by atoms with E-state index in [0.717, 1.165) is 50.7 Å². The molecule has 0 saturated heterocycles. The lowest BCUT2D eigenvalue weighted by Gasteiger charge is -2.20. The van der Waals surface area contributed by atoms with Gasteiger partial charge in [-0.3, -0.25) is 0 Å². The molecule has 0 amide bonds. The van der Waals surface area contributed by atoms with Crippen LogP contribution in [0.4, 0.5) is 0 Å². The molecule has 3 rings (SSSR count). The van der Waals surface area contributed by atoms with Crippen LogP contribution in [0.5, 0.6) is 0 Å². The molecular weight excluding hydrogens is 521 g/mol. The highest BCUT2D eigenvalue weighted by Crippen LogP contribution is 2.37. The fourth-order valence-electron chi connectivity index (χ4n) is 5.07. The molecule has 0 atom stereocenters. The van der Waals surface area contributed by atoms with E-state index in [0.29, 0.717) is 4.90 Å². The largest absolute Gasteiger partial charge is 0.354 e. The highest BCUT2D eigenvalue weighted by atomic mass is 32.2. The SMILES string of the molecule is C=C(CCC1CCCC1)NC(=C)SC(=C(C)C)c1ccc(C)c(S(C)(=O)=O)c1.C=CC.CNC1CCCCC1. The zero-order valence-electron chi connectivity index (χ0n) is 25.5. The number of benzene rings is 1. The molecule has 220 valence electrons. The first-order valence-electron chi connectivity index (χ1n) is 14.5. The van der Waals surface area contributed by atoms with Crippen LogP contribution in [-0.4, -0.2) is 27.8 Å². The summed E-state index contributed by atoms with van der Waals surface area (Å²) in [6.45, 7) is 19.4. The van der Waals surface area contributed by atoms with Gasteiger partial charge in [-0.1, -0.05) is 93.6 Å². The molecule has 4 nitrogen and oxygen atoms in total. The lowest BCUT2D eigenvalue weighted by Crippen LogP contribution is -2.26. The zero-order valence-corrected chi connectivity index (χ0v) is 27.1. The predicted octanol–water partition coefficient (Wildman–Crippen LogP) is 9.16. The molecule has 2 aliphatic carbocycles. The summed E-state index contributed by atoms with van der Waals surface area (Å²) in [5.74, 6) is 0.842. The minimum atomic E-state index is -3.26. The van der Waals surface area contributed by atoms with Crippen LogP contribution in [0.1, 0.15) is 103 Å². The number of hydrogen-bond donors (Lipinski definition) is 2. The maximum Gasteiger partial charge on any atom is 0.175 e. The van der Waals surface area contributed by atoms with E-state index in [1.165, 1.54) is 82.2 Å². The van der Waals surface area contributed by atoms with Gasteiger partial charge in [-0.15, -0.1) is 6.58 Å². The van der Waals surface area contributed by atoms with E-state index in [2.05, 4.69) is 37.4 Å². The zero-order chi connectivity index (χ0) is 29.4. The molecule has 39 heavy (non-hydrogen) atoms.